The van der Waals surface area contributed by atoms with Crippen molar-refractivity contribution in [1.82, 2.24) is 0 Å². The molecule has 0 aliphatic carbocycles. The highest BCUT2D eigenvalue weighted by Gasteiger charge is 2.60. The van der Waals surface area contributed by atoms with Crippen LogP contribution in [0.15, 0.2) is 42.5 Å². The maximum Gasteiger partial charge on any atom is 0.298 e. The number of benzene rings is 2. The molecule has 1 amide bonds. The first-order chi connectivity index (χ1) is 11.8. The minimum atomic E-state index is -1.17. The summed E-state index contributed by atoms with van der Waals surface area (Å²) in [4.78, 5) is 15.5. The molecule has 0 saturated carbocycles. The monoisotopic (exact) mass is 332 g/mol. The molecule has 2 aromatic rings. The summed E-state index contributed by atoms with van der Waals surface area (Å²) in [6.07, 6.45) is 2.16. The minimum Gasteiger partial charge on any atom is -0.452 e. The number of hydrogen-bond acceptors (Lipinski definition) is 3. The van der Waals surface area contributed by atoms with Gasteiger partial charge in [0.25, 0.3) is 11.6 Å². The van der Waals surface area contributed by atoms with Crippen LogP contribution < -0.4 is 15.0 Å². The fraction of sp³-hybridized carbons (Fsp3) is 0.286. The van der Waals surface area contributed by atoms with E-state index in [9.17, 15) is 4.79 Å². The number of carbonyl (C=O) groups is 1. The molecule has 0 bridgehead atoms. The standard InChI is InChI=1S/C21H20N2O2/c1-12-9-14-13(2)11-20(3,4)23-18(14)15(10-12)21(19(23)24)22-16-7-5-6-8-17(16)25-21/h5-11,22H,1-4H3/t21-/m0/s1. The molecule has 0 fully saturated rings. The van der Waals surface area contributed by atoms with Gasteiger partial charge in [0.05, 0.1) is 22.5 Å². The largest absolute Gasteiger partial charge is 0.452 e. The molecule has 3 aliphatic rings. The van der Waals surface area contributed by atoms with Gasteiger partial charge in [-0.25, -0.2) is 0 Å². The van der Waals surface area contributed by atoms with E-state index in [0.717, 1.165) is 28.1 Å². The van der Waals surface area contributed by atoms with Gasteiger partial charge in [0.2, 0.25) is 0 Å². The SMILES string of the molecule is CC1=CC(C)(C)N2C(=O)[C@]3(Nc4ccccc4O3)c3cc(C)cc1c32. The number of nitrogens with zero attached hydrogens (tertiary/aromatic N) is 1. The summed E-state index contributed by atoms with van der Waals surface area (Å²) in [5.74, 6) is 0.660. The smallest absolute Gasteiger partial charge is 0.298 e. The van der Waals surface area contributed by atoms with Crippen LogP contribution in [0.2, 0.25) is 0 Å². The molecule has 1 N–H and O–H groups in total. The Balaban J connectivity index is 1.81. The van der Waals surface area contributed by atoms with E-state index in [1.54, 1.807) is 0 Å². The van der Waals surface area contributed by atoms with Gasteiger partial charge in [-0.15, -0.1) is 0 Å². The first-order valence-electron chi connectivity index (χ1n) is 8.59. The number of rotatable bonds is 0. The van der Waals surface area contributed by atoms with Crippen LogP contribution in [-0.4, -0.2) is 11.4 Å². The molecule has 3 heterocycles. The third-order valence-corrected chi connectivity index (χ3v) is 5.39. The number of fused-ring (bicyclic) bond motifs is 2. The first kappa shape index (κ1) is 14.6. The molecule has 0 saturated heterocycles. The number of para-hydroxylation sites is 2. The summed E-state index contributed by atoms with van der Waals surface area (Å²) in [7, 11) is 0. The van der Waals surface area contributed by atoms with E-state index in [1.165, 1.54) is 5.57 Å². The van der Waals surface area contributed by atoms with Gasteiger partial charge < -0.3 is 10.1 Å². The van der Waals surface area contributed by atoms with Gasteiger partial charge in [-0.05, 0) is 63.1 Å². The zero-order chi connectivity index (χ0) is 17.6. The van der Waals surface area contributed by atoms with E-state index in [2.05, 4.69) is 51.2 Å². The van der Waals surface area contributed by atoms with Crippen LogP contribution in [0, 0.1) is 6.92 Å². The average Bonchev–Trinajstić information content (AvgIpc) is 3.04. The Morgan fingerprint density at radius 2 is 1.88 bits per heavy atom. The molecular weight excluding hydrogens is 312 g/mol. The molecule has 126 valence electrons. The van der Waals surface area contributed by atoms with Crippen LogP contribution in [0.5, 0.6) is 5.75 Å². The highest BCUT2D eigenvalue weighted by atomic mass is 16.5. The second-order valence-corrected chi connectivity index (χ2v) is 7.73. The molecule has 3 aliphatic heterocycles. The van der Waals surface area contributed by atoms with Crippen LogP contribution in [0.3, 0.4) is 0 Å². The molecule has 1 spiro atoms. The van der Waals surface area contributed by atoms with Crippen LogP contribution in [0.25, 0.3) is 5.57 Å². The highest BCUT2D eigenvalue weighted by Crippen LogP contribution is 2.55. The van der Waals surface area contributed by atoms with Crippen molar-refractivity contribution >= 4 is 22.9 Å². The number of anilines is 2. The van der Waals surface area contributed by atoms with Crippen molar-refractivity contribution in [2.45, 2.75) is 39.0 Å². The molecule has 5 rings (SSSR count). The van der Waals surface area contributed by atoms with Crippen LogP contribution in [0.1, 0.15) is 37.5 Å². The number of aryl methyl sites for hydroxylation is 1. The van der Waals surface area contributed by atoms with E-state index in [-0.39, 0.29) is 5.91 Å². The molecule has 0 radical (unpaired) electrons. The predicted molar refractivity (Wildman–Crippen MR) is 98.8 cm³/mol. The Hall–Kier alpha value is -2.75. The average molecular weight is 332 g/mol. The van der Waals surface area contributed by atoms with Gasteiger partial charge in [0.15, 0.2) is 0 Å². The predicted octanol–water partition coefficient (Wildman–Crippen LogP) is 4.19. The van der Waals surface area contributed by atoms with E-state index >= 15 is 0 Å². The summed E-state index contributed by atoms with van der Waals surface area (Å²) in [5, 5.41) is 3.38. The van der Waals surface area contributed by atoms with Gasteiger partial charge >= 0.3 is 0 Å². The minimum absolute atomic E-state index is 0.0562. The molecule has 0 unspecified atom stereocenters. The van der Waals surface area contributed by atoms with Gasteiger partial charge in [-0.2, -0.15) is 0 Å². The van der Waals surface area contributed by atoms with Crippen LogP contribution >= 0.6 is 0 Å². The lowest BCUT2D eigenvalue weighted by Gasteiger charge is -2.39. The number of carbonyl (C=O) groups excluding carboxylic acids is 1. The van der Waals surface area contributed by atoms with Crippen molar-refractivity contribution in [1.29, 1.82) is 0 Å². The summed E-state index contributed by atoms with van der Waals surface area (Å²) in [5.41, 5.74) is 4.59. The van der Waals surface area contributed by atoms with E-state index in [0.29, 0.717) is 5.75 Å². The molecule has 1 atom stereocenters. The normalized spacial score (nSPS) is 24.6. The van der Waals surface area contributed by atoms with Crippen LogP contribution in [0.4, 0.5) is 11.4 Å². The Kier molecular flexibility index (Phi) is 2.48. The van der Waals surface area contributed by atoms with E-state index in [4.69, 9.17) is 4.74 Å². The van der Waals surface area contributed by atoms with Crippen molar-refractivity contribution in [3.63, 3.8) is 0 Å². The first-order valence-corrected chi connectivity index (χ1v) is 8.59. The number of amides is 1. The Morgan fingerprint density at radius 3 is 2.64 bits per heavy atom. The topological polar surface area (TPSA) is 41.6 Å². The fourth-order valence-electron chi connectivity index (χ4n) is 4.44. The van der Waals surface area contributed by atoms with Crippen molar-refractivity contribution in [2.75, 3.05) is 10.2 Å². The number of hydrogen-bond donors (Lipinski definition) is 1. The maximum atomic E-state index is 13.6. The summed E-state index contributed by atoms with van der Waals surface area (Å²) < 4.78 is 6.27. The Bertz CT molecular complexity index is 962. The molecule has 4 nitrogen and oxygen atoms in total. The van der Waals surface area contributed by atoms with Crippen LogP contribution in [-0.2, 0) is 10.5 Å². The van der Waals surface area contributed by atoms with Gasteiger partial charge in [-0.3, -0.25) is 9.69 Å². The summed E-state index contributed by atoms with van der Waals surface area (Å²) in [6, 6.07) is 11.9. The zero-order valence-corrected chi connectivity index (χ0v) is 14.8. The maximum absolute atomic E-state index is 13.6. The molecule has 0 aromatic heterocycles. The van der Waals surface area contributed by atoms with Gasteiger partial charge in [-0.1, -0.05) is 18.2 Å². The molecule has 4 heteroatoms. The molecular formula is C21H20N2O2. The van der Waals surface area contributed by atoms with E-state index < -0.39 is 11.3 Å². The quantitative estimate of drug-likeness (QED) is 0.786. The van der Waals surface area contributed by atoms with Crippen molar-refractivity contribution in [3.05, 3.63) is 59.2 Å². The Labute approximate surface area is 147 Å². The summed E-state index contributed by atoms with van der Waals surface area (Å²) in [6.45, 7) is 8.32. The van der Waals surface area contributed by atoms with Crippen molar-refractivity contribution in [3.8, 4) is 5.75 Å². The van der Waals surface area contributed by atoms with Crippen molar-refractivity contribution in [2.24, 2.45) is 0 Å². The second kappa shape index (κ2) is 4.26. The molecule has 25 heavy (non-hydrogen) atoms. The third-order valence-electron chi connectivity index (χ3n) is 5.39. The lowest BCUT2D eigenvalue weighted by atomic mass is 9.88. The fourth-order valence-corrected chi connectivity index (χ4v) is 4.44. The lowest BCUT2D eigenvalue weighted by Crippen LogP contribution is -2.54. The number of allylic oxidation sites excluding steroid dienone is 1. The third kappa shape index (κ3) is 1.64. The summed E-state index contributed by atoms with van der Waals surface area (Å²) >= 11 is 0. The van der Waals surface area contributed by atoms with Gasteiger partial charge in [0.1, 0.15) is 5.75 Å². The second-order valence-electron chi connectivity index (χ2n) is 7.73. The highest BCUT2D eigenvalue weighted by molar-refractivity contribution is 6.14. The number of ether oxygens (including phenoxy) is 1. The van der Waals surface area contributed by atoms with Gasteiger partial charge in [0, 0.05) is 5.56 Å². The molecule has 2 aromatic carbocycles. The zero-order valence-electron chi connectivity index (χ0n) is 14.8. The Morgan fingerprint density at radius 1 is 1.12 bits per heavy atom. The lowest BCUT2D eigenvalue weighted by molar-refractivity contribution is -0.130. The van der Waals surface area contributed by atoms with Crippen molar-refractivity contribution < 1.29 is 9.53 Å². The number of nitrogens with one attached hydrogen (secondary N) is 1. The van der Waals surface area contributed by atoms with E-state index in [1.807, 2.05) is 29.2 Å².